The summed E-state index contributed by atoms with van der Waals surface area (Å²) < 4.78 is 0. The van der Waals surface area contributed by atoms with E-state index in [0.29, 0.717) is 33.0 Å². The van der Waals surface area contributed by atoms with Crippen LogP contribution in [0.15, 0.2) is 158 Å². The van der Waals surface area contributed by atoms with Crippen LogP contribution in [0.25, 0.3) is 21.5 Å². The molecule has 46 heavy (non-hydrogen) atoms. The Morgan fingerprint density at radius 3 is 0.804 bits per heavy atom. The summed E-state index contributed by atoms with van der Waals surface area (Å²) in [6, 6.07) is 45.8. The molecule has 0 heterocycles. The Morgan fingerprint density at radius 1 is 0.283 bits per heavy atom. The van der Waals surface area contributed by atoms with Crippen molar-refractivity contribution in [3.8, 4) is 0 Å². The third-order valence-corrected chi connectivity index (χ3v) is 8.23. The number of fused-ring (bicyclic) bond motifs is 2. The van der Waals surface area contributed by atoms with Gasteiger partial charge in [0.25, 0.3) is 0 Å². The lowest BCUT2D eigenvalue weighted by Gasteiger charge is -2.21. The average Bonchev–Trinajstić information content (AvgIpc) is 3.13. The quantitative estimate of drug-likeness (QED) is 0.130. The van der Waals surface area contributed by atoms with Gasteiger partial charge in [0.1, 0.15) is 0 Å². The maximum Gasteiger partial charge on any atom is 0.194 e. The minimum atomic E-state index is -0.517. The van der Waals surface area contributed by atoms with Gasteiger partial charge in [-0.05, 0) is 33.7 Å². The van der Waals surface area contributed by atoms with Crippen molar-refractivity contribution >= 4 is 44.7 Å². The van der Waals surface area contributed by atoms with E-state index in [1.165, 1.54) is 0 Å². The molecule has 0 radical (unpaired) electrons. The summed E-state index contributed by atoms with van der Waals surface area (Å²) in [5, 5.41) is 2.51. The SMILES string of the molecule is O=C(c1ccccc1)c1c(C(=O)c2ccccc2)c(C(=O)c2ccccc2)c2cc3ccccc3cc2c1C(=O)c1ccccc1. The van der Waals surface area contributed by atoms with E-state index in [1.54, 1.807) is 109 Å². The number of carbonyl (C=O) groups excluding carboxylic acids is 4. The van der Waals surface area contributed by atoms with E-state index in [2.05, 4.69) is 0 Å². The summed E-state index contributed by atoms with van der Waals surface area (Å²) in [5.41, 5.74) is 1.31. The van der Waals surface area contributed by atoms with E-state index < -0.39 is 23.1 Å². The van der Waals surface area contributed by atoms with Crippen LogP contribution in [0.2, 0.25) is 0 Å². The van der Waals surface area contributed by atoms with Crippen LogP contribution >= 0.6 is 0 Å². The van der Waals surface area contributed by atoms with Gasteiger partial charge in [0, 0.05) is 44.5 Å². The van der Waals surface area contributed by atoms with Gasteiger partial charge in [-0.3, -0.25) is 19.2 Å². The van der Waals surface area contributed by atoms with Crippen LogP contribution in [0.4, 0.5) is 0 Å². The first kappa shape index (κ1) is 28.5. The highest BCUT2D eigenvalue weighted by molar-refractivity contribution is 6.35. The summed E-state index contributed by atoms with van der Waals surface area (Å²) >= 11 is 0. The molecule has 0 saturated heterocycles. The monoisotopic (exact) mass is 594 g/mol. The highest BCUT2D eigenvalue weighted by Gasteiger charge is 2.34. The first-order valence-corrected chi connectivity index (χ1v) is 14.9. The van der Waals surface area contributed by atoms with Gasteiger partial charge in [-0.15, -0.1) is 0 Å². The standard InChI is InChI=1S/C42H26O4/c43-39(27-15-5-1-6-16-27)35-33-25-31-23-13-14-24-32(31)26-34(33)36(40(44)28-17-7-2-8-18-28)38(42(46)30-21-11-4-12-22-30)37(35)41(45)29-19-9-3-10-20-29/h1-26H. The molecule has 7 aromatic carbocycles. The number of hydrogen-bond donors (Lipinski definition) is 0. The molecule has 4 heteroatoms. The molecule has 7 rings (SSSR count). The molecule has 0 N–H and O–H groups in total. The van der Waals surface area contributed by atoms with Crippen LogP contribution in [0, 0.1) is 0 Å². The van der Waals surface area contributed by atoms with Crippen molar-refractivity contribution in [1.29, 1.82) is 0 Å². The van der Waals surface area contributed by atoms with Gasteiger partial charge in [-0.25, -0.2) is 0 Å². The minimum Gasteiger partial charge on any atom is -0.289 e. The van der Waals surface area contributed by atoms with E-state index in [1.807, 2.05) is 48.5 Å². The Morgan fingerprint density at radius 2 is 0.522 bits per heavy atom. The summed E-state index contributed by atoms with van der Waals surface area (Å²) in [4.78, 5) is 58.9. The predicted molar refractivity (Wildman–Crippen MR) is 181 cm³/mol. The first-order chi connectivity index (χ1) is 22.5. The molecular formula is C42H26O4. The van der Waals surface area contributed by atoms with Crippen molar-refractivity contribution in [2.75, 3.05) is 0 Å². The van der Waals surface area contributed by atoms with E-state index in [-0.39, 0.29) is 22.3 Å². The third-order valence-electron chi connectivity index (χ3n) is 8.23. The Bertz CT molecular complexity index is 2130. The van der Waals surface area contributed by atoms with Crippen LogP contribution < -0.4 is 0 Å². The van der Waals surface area contributed by atoms with Crippen molar-refractivity contribution < 1.29 is 19.2 Å². The second-order valence-corrected chi connectivity index (χ2v) is 11.0. The van der Waals surface area contributed by atoms with Gasteiger partial charge in [0.15, 0.2) is 23.1 Å². The summed E-state index contributed by atoms with van der Waals surface area (Å²) in [7, 11) is 0. The lowest BCUT2D eigenvalue weighted by molar-refractivity contribution is 0.0983. The molecule has 0 unspecified atom stereocenters. The maximum atomic E-state index is 14.8. The fraction of sp³-hybridized carbons (Fsp3) is 0. The third kappa shape index (κ3) is 5.02. The largest absolute Gasteiger partial charge is 0.289 e. The average molecular weight is 595 g/mol. The molecule has 0 aliphatic heterocycles. The Labute approximate surface area is 265 Å². The van der Waals surface area contributed by atoms with E-state index in [9.17, 15) is 19.2 Å². The molecule has 0 atom stereocenters. The highest BCUT2D eigenvalue weighted by Crippen LogP contribution is 2.38. The fourth-order valence-corrected chi connectivity index (χ4v) is 6.03. The zero-order chi connectivity index (χ0) is 31.6. The lowest BCUT2D eigenvalue weighted by atomic mass is 9.78. The van der Waals surface area contributed by atoms with Gasteiger partial charge >= 0.3 is 0 Å². The molecule has 7 aromatic rings. The summed E-state index contributed by atoms with van der Waals surface area (Å²) in [6.07, 6.45) is 0. The fourth-order valence-electron chi connectivity index (χ4n) is 6.03. The number of ketones is 4. The molecule has 0 aromatic heterocycles. The molecule has 0 amide bonds. The molecule has 0 aliphatic rings. The topological polar surface area (TPSA) is 68.3 Å². The molecule has 0 spiro atoms. The molecule has 0 fully saturated rings. The minimum absolute atomic E-state index is 0.0871. The first-order valence-electron chi connectivity index (χ1n) is 14.9. The van der Waals surface area contributed by atoms with Crippen LogP contribution in [-0.4, -0.2) is 23.1 Å². The Hall–Kier alpha value is -6.26. The number of benzene rings is 7. The smallest absolute Gasteiger partial charge is 0.194 e. The summed E-state index contributed by atoms with van der Waals surface area (Å²) in [5.74, 6) is -1.87. The van der Waals surface area contributed by atoms with Gasteiger partial charge in [-0.2, -0.15) is 0 Å². The van der Waals surface area contributed by atoms with Crippen molar-refractivity contribution in [2.45, 2.75) is 0 Å². The highest BCUT2D eigenvalue weighted by atomic mass is 16.1. The van der Waals surface area contributed by atoms with E-state index >= 15 is 0 Å². The summed E-state index contributed by atoms with van der Waals surface area (Å²) in [6.45, 7) is 0. The van der Waals surface area contributed by atoms with Crippen LogP contribution in [-0.2, 0) is 0 Å². The van der Waals surface area contributed by atoms with Gasteiger partial charge in [0.2, 0.25) is 0 Å². The predicted octanol–water partition coefficient (Wildman–Crippen LogP) is 8.92. The molecule has 0 aliphatic carbocycles. The van der Waals surface area contributed by atoms with E-state index in [4.69, 9.17) is 0 Å². The molecular weight excluding hydrogens is 568 g/mol. The maximum absolute atomic E-state index is 14.8. The normalized spacial score (nSPS) is 11.0. The molecule has 218 valence electrons. The van der Waals surface area contributed by atoms with Crippen molar-refractivity contribution in [2.24, 2.45) is 0 Å². The Kier molecular flexibility index (Phi) is 7.45. The zero-order valence-electron chi connectivity index (χ0n) is 24.6. The number of carbonyl (C=O) groups is 4. The van der Waals surface area contributed by atoms with Crippen LogP contribution in [0.5, 0.6) is 0 Å². The Balaban J connectivity index is 1.72. The van der Waals surface area contributed by atoms with Crippen molar-refractivity contribution in [3.63, 3.8) is 0 Å². The second kappa shape index (κ2) is 12.0. The van der Waals surface area contributed by atoms with Crippen molar-refractivity contribution in [3.05, 3.63) is 202 Å². The molecule has 4 nitrogen and oxygen atoms in total. The lowest BCUT2D eigenvalue weighted by Crippen LogP contribution is -2.22. The van der Waals surface area contributed by atoms with Gasteiger partial charge in [0.05, 0.1) is 0 Å². The number of rotatable bonds is 8. The zero-order valence-corrected chi connectivity index (χ0v) is 24.6. The molecule has 0 bridgehead atoms. The van der Waals surface area contributed by atoms with E-state index in [0.717, 1.165) is 10.8 Å². The molecule has 0 saturated carbocycles. The van der Waals surface area contributed by atoms with Gasteiger partial charge < -0.3 is 0 Å². The second-order valence-electron chi connectivity index (χ2n) is 11.0. The van der Waals surface area contributed by atoms with Crippen LogP contribution in [0.3, 0.4) is 0 Å². The van der Waals surface area contributed by atoms with Crippen LogP contribution in [0.1, 0.15) is 63.7 Å². The number of hydrogen-bond acceptors (Lipinski definition) is 4. The van der Waals surface area contributed by atoms with Crippen molar-refractivity contribution in [1.82, 2.24) is 0 Å². The van der Waals surface area contributed by atoms with Gasteiger partial charge in [-0.1, -0.05) is 146 Å².